The number of hydrogen-bond acceptors (Lipinski definition) is 3. The van der Waals surface area contributed by atoms with Crippen LogP contribution >= 0.6 is 11.6 Å². The van der Waals surface area contributed by atoms with Gasteiger partial charge >= 0.3 is 0 Å². The molecular weight excluding hydrogens is 216 g/mol. The third-order valence-corrected chi connectivity index (χ3v) is 1.93. The molecule has 4 heteroatoms. The lowest BCUT2D eigenvalue weighted by Crippen LogP contribution is -1.98. The van der Waals surface area contributed by atoms with Crippen molar-refractivity contribution in [1.29, 1.82) is 0 Å². The van der Waals surface area contributed by atoms with E-state index in [1.165, 1.54) is 0 Å². The summed E-state index contributed by atoms with van der Waals surface area (Å²) in [5, 5.41) is 0.482. The summed E-state index contributed by atoms with van der Waals surface area (Å²) in [5.41, 5.74) is 0. The molecule has 3 nitrogen and oxygen atoms in total. The molecule has 15 heavy (non-hydrogen) atoms. The van der Waals surface area contributed by atoms with E-state index in [1.54, 1.807) is 25.3 Å². The van der Waals surface area contributed by atoms with Gasteiger partial charge < -0.3 is 14.3 Å². The van der Waals surface area contributed by atoms with Gasteiger partial charge in [-0.15, -0.1) is 0 Å². The lowest BCUT2D eigenvalue weighted by Gasteiger charge is -2.07. The third kappa shape index (κ3) is 4.21. The second-order valence-corrected chi connectivity index (χ2v) is 3.01. The molecule has 84 valence electrons. The van der Waals surface area contributed by atoms with E-state index in [1.807, 2.05) is 0 Å². The largest absolute Gasteiger partial charge is 0.497 e. The molecular formula is C11H15ClO3. The van der Waals surface area contributed by atoms with E-state index in [0.29, 0.717) is 29.5 Å². The van der Waals surface area contributed by atoms with Gasteiger partial charge in [0, 0.05) is 12.5 Å². The molecule has 0 N–H and O–H groups in total. The Morgan fingerprint density at radius 3 is 2.73 bits per heavy atom. The highest BCUT2D eigenvalue weighted by Gasteiger charge is 2.02. The molecule has 0 aliphatic rings. The average Bonchev–Trinajstić information content (AvgIpc) is 2.20. The molecule has 0 unspecified atom stereocenters. The minimum Gasteiger partial charge on any atom is -0.497 e. The smallest absolute Gasteiger partial charge is 0.138 e. The van der Waals surface area contributed by atoms with Crippen LogP contribution < -0.4 is 9.47 Å². The highest BCUT2D eigenvalue weighted by atomic mass is 35.5. The summed E-state index contributed by atoms with van der Waals surface area (Å²) in [6.45, 7) is 0.343. The molecule has 0 fully saturated rings. The monoisotopic (exact) mass is 230 g/mol. The quantitative estimate of drug-likeness (QED) is 0.576. The number of methoxy groups -OCH3 is 1. The Morgan fingerprint density at radius 2 is 2.20 bits per heavy atom. The second-order valence-electron chi connectivity index (χ2n) is 2.60. The first kappa shape index (κ1) is 13.8. The van der Waals surface area contributed by atoms with Crippen LogP contribution in [-0.2, 0) is 4.79 Å². The van der Waals surface area contributed by atoms with Gasteiger partial charge in [0.05, 0.1) is 18.7 Å². The molecule has 0 aromatic heterocycles. The van der Waals surface area contributed by atoms with Crippen LogP contribution in [-0.4, -0.2) is 20.0 Å². The second kappa shape index (κ2) is 7.12. The molecule has 0 aliphatic carbocycles. The topological polar surface area (TPSA) is 35.5 Å². The molecule has 0 atom stereocenters. The normalized spacial score (nSPS) is 8.93. The molecule has 0 bridgehead atoms. The van der Waals surface area contributed by atoms with E-state index in [2.05, 4.69) is 0 Å². The molecule has 1 aromatic carbocycles. The van der Waals surface area contributed by atoms with Gasteiger partial charge in [0.2, 0.25) is 0 Å². The van der Waals surface area contributed by atoms with E-state index in [9.17, 15) is 4.79 Å². The molecule has 0 amide bonds. The predicted molar refractivity (Wildman–Crippen MR) is 60.9 cm³/mol. The number of carbonyl (C=O) groups excluding carboxylic acids is 1. The third-order valence-electron chi connectivity index (χ3n) is 1.63. The standard InChI is InChI=1S/C10H11ClO3.CH4/c1-13-8-3-4-10(9(11)7-8)14-6-2-5-12;/h3-5,7H,2,6H2,1H3;1H4. The van der Waals surface area contributed by atoms with Crippen LogP contribution in [0.5, 0.6) is 11.5 Å². The predicted octanol–water partition coefficient (Wildman–Crippen LogP) is 2.95. The first-order valence-corrected chi connectivity index (χ1v) is 4.55. The highest BCUT2D eigenvalue weighted by molar-refractivity contribution is 6.32. The van der Waals surface area contributed by atoms with Crippen molar-refractivity contribution in [3.63, 3.8) is 0 Å². The van der Waals surface area contributed by atoms with Gasteiger partial charge in [-0.05, 0) is 12.1 Å². The molecule has 1 rings (SSSR count). The zero-order chi connectivity index (χ0) is 10.4. The number of aldehydes is 1. The van der Waals surface area contributed by atoms with E-state index < -0.39 is 0 Å². The van der Waals surface area contributed by atoms with E-state index in [0.717, 1.165) is 6.29 Å². The van der Waals surface area contributed by atoms with E-state index in [-0.39, 0.29) is 7.43 Å². The molecule has 0 spiro atoms. The van der Waals surface area contributed by atoms with Gasteiger partial charge in [-0.25, -0.2) is 0 Å². The summed E-state index contributed by atoms with van der Waals surface area (Å²) < 4.78 is 10.2. The van der Waals surface area contributed by atoms with Crippen LogP contribution in [0.1, 0.15) is 13.8 Å². The Labute approximate surface area is 95.0 Å². The first-order valence-electron chi connectivity index (χ1n) is 4.18. The Bertz CT molecular complexity index is 313. The Hall–Kier alpha value is -1.22. The maximum absolute atomic E-state index is 10.0. The summed E-state index contributed by atoms with van der Waals surface area (Å²) >= 11 is 5.89. The van der Waals surface area contributed by atoms with Gasteiger partial charge in [0.25, 0.3) is 0 Å². The van der Waals surface area contributed by atoms with Crippen molar-refractivity contribution in [2.24, 2.45) is 0 Å². The Kier molecular flexibility index (Phi) is 6.54. The summed E-state index contributed by atoms with van der Waals surface area (Å²) in [6, 6.07) is 5.13. The average molecular weight is 231 g/mol. The molecule has 0 saturated heterocycles. The van der Waals surface area contributed by atoms with Crippen LogP contribution in [0.15, 0.2) is 18.2 Å². The number of hydrogen-bond donors (Lipinski definition) is 0. The fourth-order valence-electron chi connectivity index (χ4n) is 0.943. The first-order chi connectivity index (χ1) is 6.77. The van der Waals surface area contributed by atoms with Crippen LogP contribution in [0.2, 0.25) is 5.02 Å². The summed E-state index contributed by atoms with van der Waals surface area (Å²) in [6.07, 6.45) is 1.17. The van der Waals surface area contributed by atoms with Crippen molar-refractivity contribution in [2.45, 2.75) is 13.8 Å². The van der Waals surface area contributed by atoms with Gasteiger partial charge in [-0.2, -0.15) is 0 Å². The molecule has 1 aromatic rings. The van der Waals surface area contributed by atoms with Crippen LogP contribution in [0.3, 0.4) is 0 Å². The lowest BCUT2D eigenvalue weighted by molar-refractivity contribution is -0.108. The van der Waals surface area contributed by atoms with Crippen molar-refractivity contribution in [3.05, 3.63) is 23.2 Å². The fraction of sp³-hybridized carbons (Fsp3) is 0.364. The molecule has 0 heterocycles. The highest BCUT2D eigenvalue weighted by Crippen LogP contribution is 2.28. The fourth-order valence-corrected chi connectivity index (χ4v) is 1.17. The SMILES string of the molecule is C.COc1ccc(OCCC=O)c(Cl)c1. The molecule has 0 radical (unpaired) electrons. The maximum atomic E-state index is 10.0. The lowest BCUT2D eigenvalue weighted by atomic mass is 10.3. The van der Waals surface area contributed by atoms with Crippen molar-refractivity contribution >= 4 is 17.9 Å². The Balaban J connectivity index is 0.00000196. The minimum absolute atomic E-state index is 0. The summed E-state index contributed by atoms with van der Waals surface area (Å²) in [5.74, 6) is 1.24. The van der Waals surface area contributed by atoms with Crippen LogP contribution in [0.25, 0.3) is 0 Å². The number of halogens is 1. The number of benzene rings is 1. The summed E-state index contributed by atoms with van der Waals surface area (Å²) in [4.78, 5) is 10.0. The van der Waals surface area contributed by atoms with Gasteiger partial charge in [-0.3, -0.25) is 0 Å². The molecule has 0 saturated carbocycles. The summed E-state index contributed by atoms with van der Waals surface area (Å²) in [7, 11) is 1.57. The van der Waals surface area contributed by atoms with Crippen molar-refractivity contribution in [1.82, 2.24) is 0 Å². The number of carbonyl (C=O) groups is 1. The van der Waals surface area contributed by atoms with Crippen molar-refractivity contribution in [2.75, 3.05) is 13.7 Å². The zero-order valence-corrected chi connectivity index (χ0v) is 8.58. The zero-order valence-electron chi connectivity index (χ0n) is 7.83. The minimum atomic E-state index is 0. The maximum Gasteiger partial charge on any atom is 0.138 e. The van der Waals surface area contributed by atoms with E-state index in [4.69, 9.17) is 21.1 Å². The van der Waals surface area contributed by atoms with Gasteiger partial charge in [0.15, 0.2) is 0 Å². The Morgan fingerprint density at radius 1 is 1.47 bits per heavy atom. The van der Waals surface area contributed by atoms with Crippen LogP contribution in [0.4, 0.5) is 0 Å². The van der Waals surface area contributed by atoms with Gasteiger partial charge in [0.1, 0.15) is 17.8 Å². The van der Waals surface area contributed by atoms with Crippen LogP contribution in [0, 0.1) is 0 Å². The van der Waals surface area contributed by atoms with Crippen molar-refractivity contribution in [3.8, 4) is 11.5 Å². The molecule has 0 aliphatic heterocycles. The van der Waals surface area contributed by atoms with E-state index >= 15 is 0 Å². The number of ether oxygens (including phenoxy) is 2. The van der Waals surface area contributed by atoms with Crippen molar-refractivity contribution < 1.29 is 14.3 Å². The number of rotatable bonds is 5. The van der Waals surface area contributed by atoms with Gasteiger partial charge in [-0.1, -0.05) is 19.0 Å².